The van der Waals surface area contributed by atoms with Crippen LogP contribution in [0.15, 0.2) is 24.3 Å². The van der Waals surface area contributed by atoms with Crippen molar-refractivity contribution in [1.29, 1.82) is 0 Å². The third-order valence-corrected chi connectivity index (χ3v) is 2.92. The second kappa shape index (κ2) is 7.95. The largest absolute Gasteiger partial charge is 0.491 e. The van der Waals surface area contributed by atoms with Crippen LogP contribution in [0.4, 0.5) is 0 Å². The maximum atomic E-state index is 10.9. The Hall–Kier alpha value is -1.35. The van der Waals surface area contributed by atoms with E-state index in [-0.39, 0.29) is 11.9 Å². The van der Waals surface area contributed by atoms with Gasteiger partial charge in [0.15, 0.2) is 0 Å². The molecule has 0 spiro atoms. The van der Waals surface area contributed by atoms with Gasteiger partial charge in [0.25, 0.3) is 0 Å². The number of Topliss-reactive ketones (excluding diaryl/α,β-unsaturated/α-hetero) is 1. The molecule has 1 aromatic rings. The van der Waals surface area contributed by atoms with Crippen LogP contribution in [0.25, 0.3) is 0 Å². The number of nitrogens with zero attached hydrogens (tertiary/aromatic N) is 1. The number of hydrogen-bond acceptors (Lipinski definition) is 3. The van der Waals surface area contributed by atoms with E-state index in [1.165, 1.54) is 5.56 Å². The highest BCUT2D eigenvalue weighted by atomic mass is 16.5. The summed E-state index contributed by atoms with van der Waals surface area (Å²) in [5, 5.41) is 0. The summed E-state index contributed by atoms with van der Waals surface area (Å²) in [7, 11) is 2.05. The first kappa shape index (κ1) is 15.7. The van der Waals surface area contributed by atoms with E-state index in [1.54, 1.807) is 6.92 Å². The maximum Gasteiger partial charge on any atom is 0.131 e. The van der Waals surface area contributed by atoms with E-state index in [2.05, 4.69) is 24.1 Å². The van der Waals surface area contributed by atoms with Gasteiger partial charge in [-0.1, -0.05) is 12.1 Å². The number of carbonyl (C=O) groups excluding carboxylic acids is 1. The summed E-state index contributed by atoms with van der Waals surface area (Å²) in [6, 6.07) is 8.25. The van der Waals surface area contributed by atoms with Gasteiger partial charge in [-0.3, -0.25) is 4.79 Å². The number of hydrogen-bond donors (Lipinski definition) is 0. The van der Waals surface area contributed by atoms with Crippen LogP contribution in [0.2, 0.25) is 0 Å². The Morgan fingerprint density at radius 1 is 1.21 bits per heavy atom. The molecule has 0 unspecified atom stereocenters. The van der Waals surface area contributed by atoms with E-state index >= 15 is 0 Å². The predicted octanol–water partition coefficient (Wildman–Crippen LogP) is 2.93. The van der Waals surface area contributed by atoms with Gasteiger partial charge in [-0.25, -0.2) is 0 Å². The molecule has 0 bridgehead atoms. The molecule has 0 aliphatic heterocycles. The van der Waals surface area contributed by atoms with E-state index in [0.29, 0.717) is 6.42 Å². The standard InChI is InChI=1S/C16H25NO2/c1-13(2)19-16-7-5-15(6-8-16)10-12-17(4)11-9-14(3)18/h5-8,13H,9-12H2,1-4H3. The predicted molar refractivity (Wildman–Crippen MR) is 78.7 cm³/mol. The van der Waals surface area contributed by atoms with Crippen molar-refractivity contribution in [2.45, 2.75) is 39.7 Å². The molecule has 1 rings (SSSR count). The first-order valence-corrected chi connectivity index (χ1v) is 6.91. The van der Waals surface area contributed by atoms with Crippen molar-refractivity contribution in [3.8, 4) is 5.75 Å². The molecule has 0 aromatic heterocycles. The smallest absolute Gasteiger partial charge is 0.131 e. The fourth-order valence-corrected chi connectivity index (χ4v) is 1.79. The van der Waals surface area contributed by atoms with Crippen LogP contribution in [0.1, 0.15) is 32.8 Å². The summed E-state index contributed by atoms with van der Waals surface area (Å²) in [5.74, 6) is 1.17. The van der Waals surface area contributed by atoms with Gasteiger partial charge < -0.3 is 9.64 Å². The number of benzene rings is 1. The van der Waals surface area contributed by atoms with Gasteiger partial charge >= 0.3 is 0 Å². The molecule has 106 valence electrons. The van der Waals surface area contributed by atoms with Crippen LogP contribution in [-0.2, 0) is 11.2 Å². The molecule has 0 saturated carbocycles. The van der Waals surface area contributed by atoms with Gasteiger partial charge in [0.1, 0.15) is 11.5 Å². The normalized spacial score (nSPS) is 11.1. The summed E-state index contributed by atoms with van der Waals surface area (Å²) in [6.45, 7) is 7.50. The number of ether oxygens (including phenoxy) is 1. The Kier molecular flexibility index (Phi) is 6.57. The first-order valence-electron chi connectivity index (χ1n) is 6.91. The lowest BCUT2D eigenvalue weighted by Gasteiger charge is -2.16. The Morgan fingerprint density at radius 3 is 2.37 bits per heavy atom. The number of carbonyl (C=O) groups is 1. The highest BCUT2D eigenvalue weighted by Gasteiger charge is 2.02. The molecule has 0 saturated heterocycles. The lowest BCUT2D eigenvalue weighted by atomic mass is 10.1. The molecule has 0 heterocycles. The zero-order chi connectivity index (χ0) is 14.3. The zero-order valence-electron chi connectivity index (χ0n) is 12.5. The zero-order valence-corrected chi connectivity index (χ0v) is 12.5. The van der Waals surface area contributed by atoms with Gasteiger partial charge in [-0.2, -0.15) is 0 Å². The highest BCUT2D eigenvalue weighted by molar-refractivity contribution is 5.75. The van der Waals surface area contributed by atoms with Gasteiger partial charge in [-0.15, -0.1) is 0 Å². The average Bonchev–Trinajstić information content (AvgIpc) is 2.35. The molecular formula is C16H25NO2. The van der Waals surface area contributed by atoms with Crippen LogP contribution in [0.5, 0.6) is 5.75 Å². The van der Waals surface area contributed by atoms with Crippen molar-refractivity contribution in [3.05, 3.63) is 29.8 Å². The second-order valence-electron chi connectivity index (χ2n) is 5.32. The molecule has 3 nitrogen and oxygen atoms in total. The number of rotatable bonds is 8. The molecule has 0 aliphatic carbocycles. The lowest BCUT2D eigenvalue weighted by molar-refractivity contribution is -0.117. The van der Waals surface area contributed by atoms with E-state index in [9.17, 15) is 4.79 Å². The van der Waals surface area contributed by atoms with E-state index in [1.807, 2.05) is 26.0 Å². The first-order chi connectivity index (χ1) is 8.97. The lowest BCUT2D eigenvalue weighted by Crippen LogP contribution is -2.23. The molecule has 3 heteroatoms. The third kappa shape index (κ3) is 6.97. The molecule has 19 heavy (non-hydrogen) atoms. The molecular weight excluding hydrogens is 238 g/mol. The SMILES string of the molecule is CC(=O)CCN(C)CCc1ccc(OC(C)C)cc1. The van der Waals surface area contributed by atoms with Crippen LogP contribution < -0.4 is 4.74 Å². The van der Waals surface area contributed by atoms with Gasteiger partial charge in [0.05, 0.1) is 6.10 Å². The minimum absolute atomic E-state index is 0.212. The van der Waals surface area contributed by atoms with E-state index in [4.69, 9.17) is 4.74 Å². The Labute approximate surface area is 116 Å². The van der Waals surface area contributed by atoms with Crippen molar-refractivity contribution in [2.75, 3.05) is 20.1 Å². The van der Waals surface area contributed by atoms with Crippen LogP contribution in [0, 0.1) is 0 Å². The van der Waals surface area contributed by atoms with Crippen LogP contribution in [-0.4, -0.2) is 36.9 Å². The van der Waals surface area contributed by atoms with Crippen LogP contribution >= 0.6 is 0 Å². The molecule has 0 aliphatic rings. The topological polar surface area (TPSA) is 29.5 Å². The Balaban J connectivity index is 2.35. The van der Waals surface area contributed by atoms with Gasteiger partial charge in [0.2, 0.25) is 0 Å². The average molecular weight is 263 g/mol. The van der Waals surface area contributed by atoms with Gasteiger partial charge in [-0.05, 0) is 51.9 Å². The van der Waals surface area contributed by atoms with Crippen molar-refractivity contribution in [2.24, 2.45) is 0 Å². The maximum absolute atomic E-state index is 10.9. The van der Waals surface area contributed by atoms with Crippen molar-refractivity contribution >= 4 is 5.78 Å². The quantitative estimate of drug-likeness (QED) is 0.722. The summed E-state index contributed by atoms with van der Waals surface area (Å²) >= 11 is 0. The minimum Gasteiger partial charge on any atom is -0.491 e. The van der Waals surface area contributed by atoms with E-state index in [0.717, 1.165) is 25.3 Å². The van der Waals surface area contributed by atoms with E-state index < -0.39 is 0 Å². The van der Waals surface area contributed by atoms with Crippen LogP contribution in [0.3, 0.4) is 0 Å². The second-order valence-corrected chi connectivity index (χ2v) is 5.32. The molecule has 0 amide bonds. The Morgan fingerprint density at radius 2 is 1.84 bits per heavy atom. The molecule has 1 aromatic carbocycles. The fraction of sp³-hybridized carbons (Fsp3) is 0.562. The summed E-state index contributed by atoms with van der Waals surface area (Å²) in [5.41, 5.74) is 1.30. The minimum atomic E-state index is 0.212. The third-order valence-electron chi connectivity index (χ3n) is 2.92. The Bertz CT molecular complexity index is 384. The van der Waals surface area contributed by atoms with Crippen molar-refractivity contribution < 1.29 is 9.53 Å². The fourth-order valence-electron chi connectivity index (χ4n) is 1.79. The highest BCUT2D eigenvalue weighted by Crippen LogP contribution is 2.14. The number of likely N-dealkylation sites (N-methyl/N-ethyl adjacent to an activating group) is 1. The summed E-state index contributed by atoms with van der Waals surface area (Å²) in [4.78, 5) is 13.1. The summed E-state index contributed by atoms with van der Waals surface area (Å²) < 4.78 is 5.61. The summed E-state index contributed by atoms with van der Waals surface area (Å²) in [6.07, 6.45) is 1.84. The molecule has 0 fully saturated rings. The van der Waals surface area contributed by atoms with Gasteiger partial charge in [0, 0.05) is 19.5 Å². The van der Waals surface area contributed by atoms with Crippen molar-refractivity contribution in [3.63, 3.8) is 0 Å². The molecule has 0 N–H and O–H groups in total. The van der Waals surface area contributed by atoms with Crippen molar-refractivity contribution in [1.82, 2.24) is 4.90 Å². The monoisotopic (exact) mass is 263 g/mol. The molecule has 0 atom stereocenters. The molecule has 0 radical (unpaired) electrons. The number of ketones is 1.